The normalized spacial score (nSPS) is 17.9. The van der Waals surface area contributed by atoms with Crippen molar-refractivity contribution in [3.05, 3.63) is 59.9 Å². The Morgan fingerprint density at radius 1 is 1.05 bits per heavy atom. The minimum atomic E-state index is -4.57. The van der Waals surface area contributed by atoms with Gasteiger partial charge in [0.05, 0.1) is 19.8 Å². The fraction of sp³-hybridized carbons (Fsp3) is 0.208. The molecule has 3 aromatic rings. The minimum Gasteiger partial charge on any atom is -0.497 e. The Morgan fingerprint density at radius 2 is 1.74 bits per heavy atom. The second-order valence-electron chi connectivity index (χ2n) is 8.59. The van der Waals surface area contributed by atoms with Gasteiger partial charge in [0, 0.05) is 41.3 Å². The summed E-state index contributed by atoms with van der Waals surface area (Å²) in [5, 5.41) is 4.15. The highest BCUT2D eigenvalue weighted by Crippen LogP contribution is 2.37. The van der Waals surface area contributed by atoms with E-state index < -0.39 is 28.1 Å². The van der Waals surface area contributed by atoms with E-state index in [-0.39, 0.29) is 33.5 Å². The number of sulfonamides is 1. The number of ether oxygens (including phenoxy) is 2. The quantitative estimate of drug-likeness (QED) is 0.410. The van der Waals surface area contributed by atoms with Gasteiger partial charge in [-0.2, -0.15) is 18.2 Å². The third-order valence-electron chi connectivity index (χ3n) is 6.02. The van der Waals surface area contributed by atoms with E-state index in [9.17, 15) is 26.4 Å². The summed E-state index contributed by atoms with van der Waals surface area (Å²) in [5.74, 6) is 0.216. The van der Waals surface area contributed by atoms with Crippen molar-refractivity contribution in [2.75, 3.05) is 24.5 Å². The van der Waals surface area contributed by atoms with E-state index in [1.54, 1.807) is 18.2 Å². The van der Waals surface area contributed by atoms with Gasteiger partial charge in [-0.15, -0.1) is 0 Å². The summed E-state index contributed by atoms with van der Waals surface area (Å²) in [7, 11) is -1.02. The minimum absolute atomic E-state index is 0.0315. The molecular formula is C24H21F3N6O5S. The van der Waals surface area contributed by atoms with Gasteiger partial charge in [-0.25, -0.2) is 23.5 Å². The number of hydrazine groups is 1. The first-order valence-electron chi connectivity index (χ1n) is 11.3. The number of anilines is 3. The van der Waals surface area contributed by atoms with E-state index in [1.165, 1.54) is 45.5 Å². The van der Waals surface area contributed by atoms with Crippen LogP contribution in [0.2, 0.25) is 0 Å². The summed E-state index contributed by atoms with van der Waals surface area (Å²) in [6.07, 6.45) is -2.20. The molecule has 3 heterocycles. The largest absolute Gasteiger partial charge is 0.497 e. The highest BCUT2D eigenvalue weighted by Gasteiger charge is 2.43. The van der Waals surface area contributed by atoms with Gasteiger partial charge in [-0.1, -0.05) is 6.07 Å². The van der Waals surface area contributed by atoms with Gasteiger partial charge in [0.15, 0.2) is 5.82 Å². The predicted molar refractivity (Wildman–Crippen MR) is 134 cm³/mol. The average Bonchev–Trinajstić information content (AvgIpc) is 3.39. The highest BCUT2D eigenvalue weighted by atomic mass is 32.2. The van der Waals surface area contributed by atoms with E-state index in [2.05, 4.69) is 20.7 Å². The maximum atomic E-state index is 13.5. The Kier molecular flexibility index (Phi) is 6.34. The molecule has 3 N–H and O–H groups in total. The Hall–Kier alpha value is -4.37. The molecule has 1 amide bonds. The molecule has 0 saturated heterocycles. The van der Waals surface area contributed by atoms with Gasteiger partial charge >= 0.3 is 6.18 Å². The van der Waals surface area contributed by atoms with Crippen LogP contribution < -0.4 is 29.9 Å². The Bertz CT molecular complexity index is 1600. The van der Waals surface area contributed by atoms with E-state index in [4.69, 9.17) is 9.47 Å². The first-order chi connectivity index (χ1) is 18.4. The Morgan fingerprint density at radius 3 is 2.36 bits per heavy atom. The molecule has 0 bridgehead atoms. The molecule has 0 fully saturated rings. The second kappa shape index (κ2) is 9.43. The number of hydrogen-bond acceptors (Lipinski definition) is 10. The van der Waals surface area contributed by atoms with Crippen molar-refractivity contribution in [3.8, 4) is 22.6 Å². The molecule has 15 heteroatoms. The van der Waals surface area contributed by atoms with Gasteiger partial charge in [-0.3, -0.25) is 9.80 Å². The maximum absolute atomic E-state index is 13.5. The summed E-state index contributed by atoms with van der Waals surface area (Å²) < 4.78 is 77.3. The predicted octanol–water partition coefficient (Wildman–Crippen LogP) is 3.50. The Balaban J connectivity index is 1.60. The van der Waals surface area contributed by atoms with Crippen LogP contribution >= 0.6 is 0 Å². The molecule has 2 aliphatic rings. The number of benzene rings is 2. The van der Waals surface area contributed by atoms with Crippen LogP contribution in [0.25, 0.3) is 11.1 Å². The zero-order chi connectivity index (χ0) is 28.1. The summed E-state index contributed by atoms with van der Waals surface area (Å²) >= 11 is 0. The molecule has 0 spiro atoms. The van der Waals surface area contributed by atoms with E-state index in [0.29, 0.717) is 22.7 Å². The monoisotopic (exact) mass is 562 g/mol. The lowest BCUT2D eigenvalue weighted by molar-refractivity contribution is -0.142. The van der Waals surface area contributed by atoms with Crippen LogP contribution in [-0.2, 0) is 10.0 Å². The van der Waals surface area contributed by atoms with Crippen LogP contribution in [0.5, 0.6) is 11.5 Å². The molecule has 0 aliphatic carbocycles. The first-order valence-corrected chi connectivity index (χ1v) is 12.8. The topological polar surface area (TPSA) is 135 Å². The summed E-state index contributed by atoms with van der Waals surface area (Å²) in [6.45, 7) is 1.48. The van der Waals surface area contributed by atoms with Gasteiger partial charge in [0.2, 0.25) is 5.95 Å². The molecule has 0 saturated carbocycles. The van der Waals surface area contributed by atoms with Gasteiger partial charge in [0.1, 0.15) is 22.4 Å². The van der Waals surface area contributed by atoms with Crippen LogP contribution in [0, 0.1) is 0 Å². The number of rotatable bonds is 6. The number of aromatic nitrogens is 2. The van der Waals surface area contributed by atoms with Gasteiger partial charge < -0.3 is 14.8 Å². The van der Waals surface area contributed by atoms with Crippen molar-refractivity contribution in [2.24, 2.45) is 0 Å². The van der Waals surface area contributed by atoms with Crippen molar-refractivity contribution in [3.63, 3.8) is 0 Å². The molecule has 1 unspecified atom stereocenters. The molecule has 1 aromatic heterocycles. The number of nitrogens with one attached hydrogen (secondary N) is 3. The third-order valence-corrected chi connectivity index (χ3v) is 7.41. The molecule has 11 nitrogen and oxygen atoms in total. The van der Waals surface area contributed by atoms with Crippen molar-refractivity contribution in [1.82, 2.24) is 20.1 Å². The zero-order valence-corrected chi connectivity index (χ0v) is 21.4. The van der Waals surface area contributed by atoms with Gasteiger partial charge in [-0.05, 0) is 30.7 Å². The number of amides is 1. The highest BCUT2D eigenvalue weighted by molar-refractivity contribution is 7.90. The lowest BCUT2D eigenvalue weighted by Gasteiger charge is -2.25. The number of allylic oxidation sites excluding steroid dienone is 1. The van der Waals surface area contributed by atoms with Crippen LogP contribution in [-0.4, -0.2) is 50.7 Å². The molecule has 2 aromatic carbocycles. The van der Waals surface area contributed by atoms with Crippen LogP contribution in [0.3, 0.4) is 0 Å². The Labute approximate surface area is 220 Å². The van der Waals surface area contributed by atoms with Crippen LogP contribution in [0.1, 0.15) is 17.3 Å². The van der Waals surface area contributed by atoms with Crippen LogP contribution in [0.4, 0.5) is 30.6 Å². The summed E-state index contributed by atoms with van der Waals surface area (Å²) in [5.41, 5.74) is 3.55. The zero-order valence-electron chi connectivity index (χ0n) is 20.6. The number of alkyl halides is 3. The lowest BCUT2D eigenvalue weighted by Crippen LogP contribution is -2.45. The second-order valence-corrected chi connectivity index (χ2v) is 10.2. The molecule has 39 heavy (non-hydrogen) atoms. The van der Waals surface area contributed by atoms with Crippen molar-refractivity contribution in [2.45, 2.75) is 24.0 Å². The summed E-state index contributed by atoms with van der Waals surface area (Å²) in [4.78, 5) is 20.9. The van der Waals surface area contributed by atoms with E-state index in [0.717, 1.165) is 11.1 Å². The summed E-state index contributed by atoms with van der Waals surface area (Å²) in [6, 6.07) is 6.99. The SMILES string of the molecule is COc1cc(Nc2ncc(-c3ccc4c(c3)C(=O)NS4(=O)=O)c(N3NC(C(F)(F)F)C=C3C)n2)cc(OC)c1. The smallest absolute Gasteiger partial charge is 0.409 e. The van der Waals surface area contributed by atoms with E-state index in [1.807, 2.05) is 4.72 Å². The third kappa shape index (κ3) is 4.93. The number of nitrogens with zero attached hydrogens (tertiary/aromatic N) is 3. The lowest BCUT2D eigenvalue weighted by atomic mass is 10.0. The first kappa shape index (κ1) is 26.2. The molecule has 2 aliphatic heterocycles. The number of fused-ring (bicyclic) bond motifs is 1. The van der Waals surface area contributed by atoms with Crippen molar-refractivity contribution >= 4 is 33.4 Å². The number of carbonyl (C=O) groups excluding carboxylic acids is 1. The maximum Gasteiger partial charge on any atom is 0.409 e. The number of halogens is 3. The van der Waals surface area contributed by atoms with Gasteiger partial charge in [0.25, 0.3) is 15.9 Å². The number of hydrogen-bond donors (Lipinski definition) is 3. The van der Waals surface area contributed by atoms with Crippen molar-refractivity contribution < 1.29 is 35.9 Å². The van der Waals surface area contributed by atoms with Crippen LogP contribution in [0.15, 0.2) is 59.3 Å². The fourth-order valence-corrected chi connectivity index (χ4v) is 5.30. The standard InChI is InChI=1S/C24H21F3N6O5S/c1-12-6-20(24(25,26)27)31-33(12)21-18(13-4-5-19-17(7-13)22(34)32-39(19,35)36)11-28-23(30-21)29-14-8-15(37-2)10-16(9-14)38-3/h4-11,20,31H,1-3H3,(H,32,34)(H,28,29,30). The van der Waals surface area contributed by atoms with E-state index >= 15 is 0 Å². The molecule has 1 atom stereocenters. The number of methoxy groups -OCH3 is 2. The average molecular weight is 563 g/mol. The molecular weight excluding hydrogens is 541 g/mol. The molecule has 0 radical (unpaired) electrons. The fourth-order valence-electron chi connectivity index (χ4n) is 4.15. The van der Waals surface area contributed by atoms with Crippen molar-refractivity contribution in [1.29, 1.82) is 0 Å². The number of carbonyl (C=O) groups is 1. The molecule has 204 valence electrons. The molecule has 5 rings (SSSR count).